The zero-order valence-corrected chi connectivity index (χ0v) is 24.8. The Balaban J connectivity index is 1.14. The molecule has 1 fully saturated rings. The second-order valence-corrected chi connectivity index (χ2v) is 10.6. The monoisotopic (exact) mass is 614 g/mol. The van der Waals surface area contributed by atoms with Crippen molar-refractivity contribution < 1.29 is 33.1 Å². The Morgan fingerprint density at radius 1 is 1.02 bits per heavy atom. The third-order valence-corrected chi connectivity index (χ3v) is 7.17. The Bertz CT molecular complexity index is 1630. The summed E-state index contributed by atoms with van der Waals surface area (Å²) in [6, 6.07) is 22.6. The van der Waals surface area contributed by atoms with Gasteiger partial charge in [-0.25, -0.2) is 14.4 Å². The normalized spacial score (nSPS) is 14.9. The summed E-state index contributed by atoms with van der Waals surface area (Å²) in [7, 11) is 0. The van der Waals surface area contributed by atoms with Crippen LogP contribution < -0.4 is 20.7 Å². The molecule has 0 aliphatic carbocycles. The molecule has 45 heavy (non-hydrogen) atoms. The number of carbonyl (C=O) groups excluding carboxylic acids is 3. The van der Waals surface area contributed by atoms with Crippen LogP contribution in [-0.2, 0) is 32.1 Å². The highest BCUT2D eigenvalue weighted by molar-refractivity contribution is 5.90. The zero-order chi connectivity index (χ0) is 31.6. The topological polar surface area (TPSA) is 153 Å². The Morgan fingerprint density at radius 2 is 1.78 bits per heavy atom. The summed E-state index contributed by atoms with van der Waals surface area (Å²) in [6.07, 6.45) is 1.21. The van der Waals surface area contributed by atoms with Gasteiger partial charge in [0.1, 0.15) is 25.0 Å². The molecule has 2 atom stereocenters. The lowest BCUT2D eigenvalue weighted by atomic mass is 10.1. The predicted molar refractivity (Wildman–Crippen MR) is 164 cm³/mol. The molecule has 2 unspecified atom stereocenters. The summed E-state index contributed by atoms with van der Waals surface area (Å²) in [5.74, 6) is -0.484. The Labute approximate surface area is 259 Å². The summed E-state index contributed by atoms with van der Waals surface area (Å²) in [4.78, 5) is 53.1. The van der Waals surface area contributed by atoms with Crippen LogP contribution in [0.5, 0.6) is 5.75 Å². The maximum Gasteiger partial charge on any atom is 0.439 e. The lowest BCUT2D eigenvalue weighted by molar-refractivity contribution is -0.149. The van der Waals surface area contributed by atoms with Crippen LogP contribution in [0, 0.1) is 0 Å². The van der Waals surface area contributed by atoms with Crippen molar-refractivity contribution in [3.8, 4) is 17.1 Å². The average Bonchev–Trinajstić information content (AvgIpc) is 3.67. The first kappa shape index (κ1) is 31.0. The molecule has 4 aromatic rings. The Hall–Kier alpha value is -5.39. The van der Waals surface area contributed by atoms with Crippen LogP contribution in [0.2, 0.25) is 0 Å². The minimum atomic E-state index is -0.832. The van der Waals surface area contributed by atoms with Crippen LogP contribution in [0.25, 0.3) is 11.4 Å². The summed E-state index contributed by atoms with van der Waals surface area (Å²) in [5, 5.41) is 6.49. The van der Waals surface area contributed by atoms with E-state index in [1.807, 2.05) is 49.4 Å². The molecule has 1 aromatic heterocycles. The quantitative estimate of drug-likeness (QED) is 0.197. The number of carbonyl (C=O) groups is 3. The van der Waals surface area contributed by atoms with Gasteiger partial charge in [0, 0.05) is 24.1 Å². The number of nitrogens with one attached hydrogen (secondary N) is 2. The van der Waals surface area contributed by atoms with Crippen LogP contribution in [0.4, 0.5) is 10.5 Å². The number of ether oxygens (including phenoxy) is 3. The van der Waals surface area contributed by atoms with E-state index in [0.29, 0.717) is 35.8 Å². The molecule has 1 saturated heterocycles. The van der Waals surface area contributed by atoms with Crippen LogP contribution in [0.15, 0.2) is 88.2 Å². The molecule has 0 spiro atoms. The number of hydrogen-bond acceptors (Lipinski definition) is 9. The molecule has 12 nitrogen and oxygen atoms in total. The van der Waals surface area contributed by atoms with Gasteiger partial charge in [-0.05, 0) is 53.9 Å². The third-order valence-electron chi connectivity index (χ3n) is 7.17. The number of nitrogens with zero attached hydrogens (tertiary/aromatic N) is 2. The summed E-state index contributed by atoms with van der Waals surface area (Å²) >= 11 is 0. The molecule has 12 heteroatoms. The van der Waals surface area contributed by atoms with Crippen molar-refractivity contribution in [1.82, 2.24) is 15.5 Å². The first-order chi connectivity index (χ1) is 21.9. The highest BCUT2D eigenvalue weighted by atomic mass is 16.6. The lowest BCUT2D eigenvalue weighted by Gasteiger charge is -2.18. The number of esters is 1. The van der Waals surface area contributed by atoms with Gasteiger partial charge >= 0.3 is 17.8 Å². The maximum absolute atomic E-state index is 13.0. The number of aromatic nitrogens is 2. The van der Waals surface area contributed by atoms with Gasteiger partial charge in [0.25, 0.3) is 0 Å². The van der Waals surface area contributed by atoms with Crippen molar-refractivity contribution in [3.63, 3.8) is 0 Å². The maximum atomic E-state index is 13.0. The molecule has 0 radical (unpaired) electrons. The highest BCUT2D eigenvalue weighted by Crippen LogP contribution is 2.25. The molecular formula is C33H34N4O8. The molecule has 2 amide bonds. The molecule has 0 bridgehead atoms. The molecule has 1 aliphatic rings. The van der Waals surface area contributed by atoms with E-state index in [0.717, 1.165) is 24.0 Å². The van der Waals surface area contributed by atoms with Crippen molar-refractivity contribution in [2.45, 2.75) is 51.4 Å². The SMILES string of the molecule is CCCCC(=O)NC(Cc1ccc(OCC2CN(c3ccc(-c4noc(=O)[nH]4)cc3)C(=O)O2)cc1)C(=O)OCc1ccccc1. The van der Waals surface area contributed by atoms with Gasteiger partial charge in [-0.2, -0.15) is 0 Å². The molecule has 5 rings (SSSR count). The van der Waals surface area contributed by atoms with Crippen molar-refractivity contribution >= 4 is 23.7 Å². The van der Waals surface area contributed by atoms with Crippen LogP contribution >= 0.6 is 0 Å². The summed E-state index contributed by atoms with van der Waals surface area (Å²) < 4.78 is 21.4. The molecule has 3 aromatic carbocycles. The van der Waals surface area contributed by atoms with Crippen LogP contribution in [0.1, 0.15) is 37.3 Å². The number of hydrogen-bond donors (Lipinski definition) is 2. The fourth-order valence-corrected chi connectivity index (χ4v) is 4.75. The molecule has 1 aliphatic heterocycles. The number of unbranched alkanes of at least 4 members (excludes halogenated alkanes) is 1. The number of anilines is 1. The van der Waals surface area contributed by atoms with Gasteiger partial charge < -0.3 is 19.5 Å². The number of aromatic amines is 1. The standard InChI is InChI=1S/C33H34N4O8/c1-2-3-9-29(38)34-28(31(39)43-20-23-7-5-4-6-8-23)18-22-10-16-26(17-11-22)42-21-27-19-37(33(41)44-27)25-14-12-24(13-15-25)30-35-32(40)45-36-30/h4-8,10-17,27-28H,2-3,9,18-21H2,1H3,(H,34,38)(H,35,36,40). The van der Waals surface area contributed by atoms with Crippen molar-refractivity contribution in [2.24, 2.45) is 0 Å². The minimum Gasteiger partial charge on any atom is -0.490 e. The van der Waals surface area contributed by atoms with Gasteiger partial charge in [-0.3, -0.25) is 19.2 Å². The van der Waals surface area contributed by atoms with E-state index >= 15 is 0 Å². The molecule has 2 N–H and O–H groups in total. The van der Waals surface area contributed by atoms with Crippen molar-refractivity contribution in [3.05, 3.63) is 101 Å². The highest BCUT2D eigenvalue weighted by Gasteiger charge is 2.33. The number of H-pyrrole nitrogens is 1. The van der Waals surface area contributed by atoms with E-state index in [1.54, 1.807) is 36.4 Å². The third kappa shape index (κ3) is 8.59. The number of amides is 2. The van der Waals surface area contributed by atoms with Gasteiger partial charge in [-0.1, -0.05) is 61.0 Å². The molecule has 0 saturated carbocycles. The molecular weight excluding hydrogens is 580 g/mol. The van der Waals surface area contributed by atoms with E-state index in [4.69, 9.17) is 14.2 Å². The summed E-state index contributed by atoms with van der Waals surface area (Å²) in [5.41, 5.74) is 2.94. The van der Waals surface area contributed by atoms with Crippen molar-refractivity contribution in [1.29, 1.82) is 0 Å². The van der Waals surface area contributed by atoms with Gasteiger partial charge in [0.05, 0.1) is 6.54 Å². The fourth-order valence-electron chi connectivity index (χ4n) is 4.75. The minimum absolute atomic E-state index is 0.118. The van der Waals surface area contributed by atoms with Gasteiger partial charge in [0.2, 0.25) is 5.91 Å². The van der Waals surface area contributed by atoms with Gasteiger partial charge in [-0.15, -0.1) is 0 Å². The Kier molecular flexibility index (Phi) is 10.3. The lowest BCUT2D eigenvalue weighted by Crippen LogP contribution is -2.43. The zero-order valence-electron chi connectivity index (χ0n) is 24.8. The van der Waals surface area contributed by atoms with E-state index in [1.165, 1.54) is 4.90 Å². The predicted octanol–water partition coefficient (Wildman–Crippen LogP) is 4.40. The molecule has 2 heterocycles. The van der Waals surface area contributed by atoms with E-state index in [-0.39, 0.29) is 25.5 Å². The second-order valence-electron chi connectivity index (χ2n) is 10.6. The Morgan fingerprint density at radius 3 is 2.47 bits per heavy atom. The largest absolute Gasteiger partial charge is 0.490 e. The smallest absolute Gasteiger partial charge is 0.439 e. The van der Waals surface area contributed by atoms with E-state index < -0.39 is 30.0 Å². The fraction of sp³-hybridized carbons (Fsp3) is 0.303. The van der Waals surface area contributed by atoms with Crippen LogP contribution in [0.3, 0.4) is 0 Å². The van der Waals surface area contributed by atoms with Gasteiger partial charge in [0.15, 0.2) is 11.9 Å². The number of benzene rings is 3. The average molecular weight is 615 g/mol. The number of rotatable bonds is 14. The van der Waals surface area contributed by atoms with E-state index in [2.05, 4.69) is 20.0 Å². The first-order valence-corrected chi connectivity index (χ1v) is 14.7. The number of cyclic esters (lactones) is 1. The molecule has 234 valence electrons. The van der Waals surface area contributed by atoms with Crippen molar-refractivity contribution in [2.75, 3.05) is 18.1 Å². The first-order valence-electron chi connectivity index (χ1n) is 14.7. The summed E-state index contributed by atoms with van der Waals surface area (Å²) in [6.45, 7) is 2.55. The van der Waals surface area contributed by atoms with Crippen LogP contribution in [-0.4, -0.2) is 53.4 Å². The second kappa shape index (κ2) is 14.9. The van der Waals surface area contributed by atoms with E-state index in [9.17, 15) is 19.2 Å².